The molecular weight excluding hydrogens is 244 g/mol. The first kappa shape index (κ1) is 13.0. The number of hydrogen-bond acceptors (Lipinski definition) is 1. The van der Waals surface area contributed by atoms with Gasteiger partial charge in [-0.3, -0.25) is 4.90 Å². The lowest BCUT2D eigenvalue weighted by atomic mass is 9.97. The number of fused-ring (bicyclic) bond motifs is 1. The van der Waals surface area contributed by atoms with E-state index in [-0.39, 0.29) is 0 Å². The Kier molecular flexibility index (Phi) is 3.62. The summed E-state index contributed by atoms with van der Waals surface area (Å²) >= 11 is 0. The van der Waals surface area contributed by atoms with E-state index in [9.17, 15) is 0 Å². The number of nitrogens with zero attached hydrogens (tertiary/aromatic N) is 1. The Morgan fingerprint density at radius 3 is 3.05 bits per heavy atom. The third kappa shape index (κ3) is 2.37. The molecule has 0 aliphatic carbocycles. The molecular formula is C18H20N2. The molecule has 0 radical (unpaired) electrons. The average Bonchev–Trinajstić information content (AvgIpc) is 2.94. The SMILES string of the molecule is C#CCc1cc(C)c2[nH]ccc2c1CN1CC=CCC1. The van der Waals surface area contributed by atoms with Gasteiger partial charge in [0.15, 0.2) is 0 Å². The van der Waals surface area contributed by atoms with Crippen LogP contribution in [0.1, 0.15) is 23.1 Å². The number of H-pyrrole nitrogens is 1. The van der Waals surface area contributed by atoms with Crippen molar-refractivity contribution in [3.05, 3.63) is 47.2 Å². The molecule has 1 aliphatic heterocycles. The van der Waals surface area contributed by atoms with E-state index in [2.05, 4.69) is 47.0 Å². The van der Waals surface area contributed by atoms with Crippen LogP contribution in [0.3, 0.4) is 0 Å². The normalized spacial score (nSPS) is 15.6. The first-order valence-corrected chi connectivity index (χ1v) is 7.19. The Balaban J connectivity index is 2.04. The maximum absolute atomic E-state index is 5.55. The van der Waals surface area contributed by atoms with Crippen LogP contribution in [-0.4, -0.2) is 23.0 Å². The minimum atomic E-state index is 0.709. The van der Waals surface area contributed by atoms with Gasteiger partial charge in [0.2, 0.25) is 0 Å². The van der Waals surface area contributed by atoms with Crippen LogP contribution < -0.4 is 0 Å². The lowest BCUT2D eigenvalue weighted by Crippen LogP contribution is -2.27. The molecule has 2 heterocycles. The molecule has 2 heteroatoms. The molecule has 0 amide bonds. The maximum Gasteiger partial charge on any atom is 0.0487 e. The number of benzene rings is 1. The lowest BCUT2D eigenvalue weighted by molar-refractivity contribution is 0.291. The number of aromatic nitrogens is 1. The Bertz CT molecular complexity index is 685. The molecule has 1 aromatic heterocycles. The topological polar surface area (TPSA) is 19.0 Å². The molecule has 0 spiro atoms. The Morgan fingerprint density at radius 2 is 2.30 bits per heavy atom. The Hall–Kier alpha value is -1.98. The molecule has 3 rings (SSSR count). The first-order chi connectivity index (χ1) is 9.79. The summed E-state index contributed by atoms with van der Waals surface area (Å²) in [6, 6.07) is 4.42. The second kappa shape index (κ2) is 5.56. The third-order valence-electron chi connectivity index (χ3n) is 4.06. The molecule has 0 fully saturated rings. The molecule has 20 heavy (non-hydrogen) atoms. The van der Waals surface area contributed by atoms with Gasteiger partial charge in [0.1, 0.15) is 0 Å². The van der Waals surface area contributed by atoms with Crippen molar-refractivity contribution in [2.75, 3.05) is 13.1 Å². The summed E-state index contributed by atoms with van der Waals surface area (Å²) in [5.41, 5.74) is 5.21. The van der Waals surface area contributed by atoms with E-state index in [1.165, 1.54) is 27.6 Å². The van der Waals surface area contributed by atoms with Crippen LogP contribution in [-0.2, 0) is 13.0 Å². The van der Waals surface area contributed by atoms with Crippen molar-refractivity contribution in [1.82, 2.24) is 9.88 Å². The Labute approximate surface area is 120 Å². The molecule has 1 aliphatic rings. The summed E-state index contributed by atoms with van der Waals surface area (Å²) in [6.45, 7) is 5.29. The van der Waals surface area contributed by atoms with Crippen molar-refractivity contribution in [3.8, 4) is 12.3 Å². The summed E-state index contributed by atoms with van der Waals surface area (Å²) in [5.74, 6) is 2.80. The largest absolute Gasteiger partial charge is 0.361 e. The summed E-state index contributed by atoms with van der Waals surface area (Å²) in [4.78, 5) is 5.83. The highest BCUT2D eigenvalue weighted by atomic mass is 15.1. The second-order valence-corrected chi connectivity index (χ2v) is 5.47. The minimum absolute atomic E-state index is 0.709. The van der Waals surface area contributed by atoms with Crippen LogP contribution >= 0.6 is 0 Å². The van der Waals surface area contributed by atoms with Gasteiger partial charge in [-0.05, 0) is 36.1 Å². The van der Waals surface area contributed by atoms with Gasteiger partial charge in [-0.2, -0.15) is 0 Å². The van der Waals surface area contributed by atoms with E-state index in [0.29, 0.717) is 6.42 Å². The minimum Gasteiger partial charge on any atom is -0.361 e. The van der Waals surface area contributed by atoms with Crippen molar-refractivity contribution in [2.45, 2.75) is 26.3 Å². The van der Waals surface area contributed by atoms with E-state index in [1.807, 2.05) is 6.20 Å². The highest BCUT2D eigenvalue weighted by Crippen LogP contribution is 2.27. The number of rotatable bonds is 3. The molecule has 2 aromatic rings. The molecule has 0 atom stereocenters. The monoisotopic (exact) mass is 264 g/mol. The van der Waals surface area contributed by atoms with Crippen molar-refractivity contribution in [3.63, 3.8) is 0 Å². The van der Waals surface area contributed by atoms with Crippen molar-refractivity contribution in [2.24, 2.45) is 0 Å². The number of aromatic amines is 1. The van der Waals surface area contributed by atoms with Crippen LogP contribution in [0.15, 0.2) is 30.5 Å². The molecule has 0 unspecified atom stereocenters. The van der Waals surface area contributed by atoms with Crippen LogP contribution in [0.5, 0.6) is 0 Å². The summed E-state index contributed by atoms with van der Waals surface area (Å²) in [7, 11) is 0. The molecule has 0 saturated heterocycles. The number of terminal acetylenes is 1. The van der Waals surface area contributed by atoms with Crippen LogP contribution in [0.25, 0.3) is 10.9 Å². The van der Waals surface area contributed by atoms with Crippen LogP contribution in [0, 0.1) is 19.3 Å². The van der Waals surface area contributed by atoms with Crippen molar-refractivity contribution in [1.29, 1.82) is 0 Å². The van der Waals surface area contributed by atoms with Gasteiger partial charge in [0.25, 0.3) is 0 Å². The third-order valence-corrected chi connectivity index (χ3v) is 4.06. The van der Waals surface area contributed by atoms with Gasteiger partial charge in [0, 0.05) is 43.2 Å². The van der Waals surface area contributed by atoms with E-state index >= 15 is 0 Å². The Morgan fingerprint density at radius 1 is 1.40 bits per heavy atom. The fraction of sp³-hybridized carbons (Fsp3) is 0.333. The van der Waals surface area contributed by atoms with Crippen LogP contribution in [0.4, 0.5) is 0 Å². The van der Waals surface area contributed by atoms with E-state index < -0.39 is 0 Å². The fourth-order valence-corrected chi connectivity index (χ4v) is 3.05. The number of nitrogens with one attached hydrogen (secondary N) is 1. The smallest absolute Gasteiger partial charge is 0.0487 e. The van der Waals surface area contributed by atoms with Gasteiger partial charge < -0.3 is 4.98 Å². The highest BCUT2D eigenvalue weighted by Gasteiger charge is 2.14. The van der Waals surface area contributed by atoms with Gasteiger partial charge >= 0.3 is 0 Å². The van der Waals surface area contributed by atoms with Gasteiger partial charge in [-0.1, -0.05) is 18.2 Å². The lowest BCUT2D eigenvalue weighted by Gasteiger charge is -2.25. The second-order valence-electron chi connectivity index (χ2n) is 5.47. The van der Waals surface area contributed by atoms with E-state index in [4.69, 9.17) is 6.42 Å². The summed E-state index contributed by atoms with van der Waals surface area (Å²) in [6.07, 6.45) is 13.9. The van der Waals surface area contributed by atoms with Crippen molar-refractivity contribution < 1.29 is 0 Å². The van der Waals surface area contributed by atoms with Gasteiger partial charge in [-0.25, -0.2) is 0 Å². The average molecular weight is 264 g/mol. The molecule has 0 saturated carbocycles. The predicted molar refractivity (Wildman–Crippen MR) is 84.6 cm³/mol. The number of aryl methyl sites for hydroxylation is 1. The standard InChI is InChI=1S/C18H20N2/c1-3-7-15-12-14(2)18-16(8-9-19-18)17(15)13-20-10-5-4-6-11-20/h1,4-5,8-9,12,19H,6-7,10-11,13H2,2H3. The van der Waals surface area contributed by atoms with E-state index in [0.717, 1.165) is 26.1 Å². The van der Waals surface area contributed by atoms with Crippen LogP contribution in [0.2, 0.25) is 0 Å². The quantitative estimate of drug-likeness (QED) is 0.665. The zero-order chi connectivity index (χ0) is 13.9. The predicted octanol–water partition coefficient (Wildman–Crippen LogP) is 3.41. The van der Waals surface area contributed by atoms with Gasteiger partial charge in [0.05, 0.1) is 0 Å². The zero-order valence-corrected chi connectivity index (χ0v) is 11.9. The summed E-state index contributed by atoms with van der Waals surface area (Å²) in [5, 5.41) is 1.32. The molecule has 102 valence electrons. The molecule has 0 bridgehead atoms. The molecule has 1 aromatic carbocycles. The fourth-order valence-electron chi connectivity index (χ4n) is 3.05. The maximum atomic E-state index is 5.55. The molecule has 2 nitrogen and oxygen atoms in total. The zero-order valence-electron chi connectivity index (χ0n) is 11.9. The van der Waals surface area contributed by atoms with E-state index in [1.54, 1.807) is 0 Å². The summed E-state index contributed by atoms with van der Waals surface area (Å²) < 4.78 is 0. The highest BCUT2D eigenvalue weighted by molar-refractivity contribution is 5.87. The molecule has 1 N–H and O–H groups in total. The first-order valence-electron chi connectivity index (χ1n) is 7.19. The van der Waals surface area contributed by atoms with Crippen molar-refractivity contribution >= 4 is 10.9 Å². The van der Waals surface area contributed by atoms with Gasteiger partial charge in [-0.15, -0.1) is 12.3 Å². The number of hydrogen-bond donors (Lipinski definition) is 1.